The number of hydrogen-bond acceptors (Lipinski definition) is 4. The van der Waals surface area contributed by atoms with Gasteiger partial charge in [-0.25, -0.2) is 0 Å². The van der Waals surface area contributed by atoms with Crippen molar-refractivity contribution in [2.75, 3.05) is 32.8 Å². The van der Waals surface area contributed by atoms with Gasteiger partial charge in [-0.2, -0.15) is 0 Å². The van der Waals surface area contributed by atoms with E-state index < -0.39 is 0 Å². The lowest BCUT2D eigenvalue weighted by Gasteiger charge is -2.37. The van der Waals surface area contributed by atoms with E-state index in [1.165, 1.54) is 6.42 Å². The van der Waals surface area contributed by atoms with E-state index >= 15 is 0 Å². The molecule has 2 unspecified atom stereocenters. The minimum atomic E-state index is -0.373. The molecule has 0 bridgehead atoms. The Bertz CT molecular complexity index is 327. The lowest BCUT2D eigenvalue weighted by molar-refractivity contribution is -0.153. The molecule has 2 fully saturated rings. The number of nitrogens with zero attached hydrogens (tertiary/aromatic N) is 1. The van der Waals surface area contributed by atoms with E-state index in [1.807, 2.05) is 11.8 Å². The van der Waals surface area contributed by atoms with Crippen molar-refractivity contribution in [2.45, 2.75) is 57.8 Å². The molecule has 20 heavy (non-hydrogen) atoms. The fourth-order valence-corrected chi connectivity index (χ4v) is 2.86. The van der Waals surface area contributed by atoms with Gasteiger partial charge in [0, 0.05) is 26.2 Å². The number of carbonyl (C=O) groups is 1. The van der Waals surface area contributed by atoms with Gasteiger partial charge in [0.1, 0.15) is 6.10 Å². The van der Waals surface area contributed by atoms with Crippen molar-refractivity contribution >= 4 is 5.91 Å². The van der Waals surface area contributed by atoms with Crippen molar-refractivity contribution < 1.29 is 14.3 Å². The molecule has 2 aliphatic rings. The smallest absolute Gasteiger partial charge is 0.251 e. The van der Waals surface area contributed by atoms with Crippen molar-refractivity contribution in [2.24, 2.45) is 0 Å². The summed E-state index contributed by atoms with van der Waals surface area (Å²) in [6, 6.07) is 0. The van der Waals surface area contributed by atoms with Crippen molar-refractivity contribution in [3.63, 3.8) is 0 Å². The Morgan fingerprint density at radius 3 is 2.75 bits per heavy atom. The maximum absolute atomic E-state index is 12.2. The van der Waals surface area contributed by atoms with Crippen LogP contribution in [0.1, 0.15) is 40.0 Å². The first-order chi connectivity index (χ1) is 9.48. The van der Waals surface area contributed by atoms with Gasteiger partial charge < -0.3 is 19.7 Å². The second-order valence-electron chi connectivity index (χ2n) is 6.49. The highest BCUT2D eigenvalue weighted by Crippen LogP contribution is 2.16. The van der Waals surface area contributed by atoms with Crippen LogP contribution in [0.25, 0.3) is 0 Å². The zero-order valence-corrected chi connectivity index (χ0v) is 13.0. The predicted molar refractivity (Wildman–Crippen MR) is 77.7 cm³/mol. The van der Waals surface area contributed by atoms with E-state index in [0.717, 1.165) is 39.0 Å². The first-order valence-electron chi connectivity index (χ1n) is 7.77. The SMILES string of the molecule is CC(OCC1CNCC(C)(C)O1)C(=O)N1CCCCC1. The van der Waals surface area contributed by atoms with Gasteiger partial charge in [0.15, 0.2) is 0 Å². The van der Waals surface area contributed by atoms with E-state index in [1.54, 1.807) is 0 Å². The number of amides is 1. The van der Waals surface area contributed by atoms with Crippen molar-refractivity contribution in [1.29, 1.82) is 0 Å². The highest BCUT2D eigenvalue weighted by Gasteiger charge is 2.30. The van der Waals surface area contributed by atoms with Crippen LogP contribution in [0.4, 0.5) is 0 Å². The molecule has 2 atom stereocenters. The number of hydrogen-bond donors (Lipinski definition) is 1. The predicted octanol–water partition coefficient (Wildman–Crippen LogP) is 1.17. The molecule has 2 heterocycles. The summed E-state index contributed by atoms with van der Waals surface area (Å²) in [7, 11) is 0. The van der Waals surface area contributed by atoms with Crippen molar-refractivity contribution in [3.05, 3.63) is 0 Å². The molecular formula is C15H28N2O3. The number of likely N-dealkylation sites (tertiary alicyclic amines) is 1. The number of carbonyl (C=O) groups excluding carboxylic acids is 1. The van der Waals surface area contributed by atoms with E-state index in [4.69, 9.17) is 9.47 Å². The van der Waals surface area contributed by atoms with E-state index in [-0.39, 0.29) is 23.7 Å². The Balaban J connectivity index is 1.73. The molecule has 0 aromatic heterocycles. The van der Waals surface area contributed by atoms with Crippen LogP contribution in [0.2, 0.25) is 0 Å². The van der Waals surface area contributed by atoms with Gasteiger partial charge in [0.2, 0.25) is 0 Å². The molecule has 0 radical (unpaired) electrons. The van der Waals surface area contributed by atoms with Crippen LogP contribution < -0.4 is 5.32 Å². The Morgan fingerprint density at radius 1 is 1.40 bits per heavy atom. The summed E-state index contributed by atoms with van der Waals surface area (Å²) in [5, 5.41) is 3.34. The fraction of sp³-hybridized carbons (Fsp3) is 0.933. The van der Waals surface area contributed by atoms with Crippen LogP contribution in [-0.4, -0.2) is 61.4 Å². The molecule has 5 nitrogen and oxygen atoms in total. The number of morpholine rings is 1. The molecule has 1 N–H and O–H groups in total. The normalized spacial score (nSPS) is 28.1. The van der Waals surface area contributed by atoms with E-state index in [9.17, 15) is 4.79 Å². The zero-order valence-electron chi connectivity index (χ0n) is 13.0. The number of ether oxygens (including phenoxy) is 2. The van der Waals surface area contributed by atoms with Gasteiger partial charge in [-0.3, -0.25) is 4.79 Å². The minimum absolute atomic E-state index is 0.0235. The van der Waals surface area contributed by atoms with Crippen LogP contribution in [0.3, 0.4) is 0 Å². The fourth-order valence-electron chi connectivity index (χ4n) is 2.86. The first-order valence-corrected chi connectivity index (χ1v) is 7.77. The van der Waals surface area contributed by atoms with Crippen LogP contribution in [-0.2, 0) is 14.3 Å². The first kappa shape index (κ1) is 15.7. The molecule has 116 valence electrons. The number of nitrogens with one attached hydrogen (secondary N) is 1. The average molecular weight is 284 g/mol. The van der Waals surface area contributed by atoms with Crippen molar-refractivity contribution in [3.8, 4) is 0 Å². The standard InChI is InChI=1S/C15H28N2O3/c1-12(14(18)17-7-5-4-6-8-17)19-10-13-9-16-11-15(2,3)20-13/h12-13,16H,4-11H2,1-3H3. The highest BCUT2D eigenvalue weighted by atomic mass is 16.6. The lowest BCUT2D eigenvalue weighted by atomic mass is 10.1. The molecule has 1 amide bonds. The Hall–Kier alpha value is -0.650. The van der Waals surface area contributed by atoms with E-state index in [2.05, 4.69) is 19.2 Å². The van der Waals surface area contributed by atoms with Gasteiger partial charge in [0.05, 0.1) is 18.3 Å². The minimum Gasteiger partial charge on any atom is -0.367 e. The number of piperidine rings is 1. The molecule has 0 spiro atoms. The Kier molecular flexibility index (Phi) is 5.41. The molecule has 5 heteroatoms. The Labute approximate surface area is 122 Å². The largest absolute Gasteiger partial charge is 0.367 e. The summed E-state index contributed by atoms with van der Waals surface area (Å²) < 4.78 is 11.7. The topological polar surface area (TPSA) is 50.8 Å². The zero-order chi connectivity index (χ0) is 14.6. The van der Waals surface area contributed by atoms with Gasteiger partial charge in [-0.15, -0.1) is 0 Å². The third-order valence-electron chi connectivity index (χ3n) is 3.96. The molecule has 2 saturated heterocycles. The molecule has 0 saturated carbocycles. The van der Waals surface area contributed by atoms with Crippen LogP contribution in [0.15, 0.2) is 0 Å². The molecule has 0 aliphatic carbocycles. The van der Waals surface area contributed by atoms with Crippen molar-refractivity contribution in [1.82, 2.24) is 10.2 Å². The van der Waals surface area contributed by atoms with Gasteiger partial charge >= 0.3 is 0 Å². The summed E-state index contributed by atoms with van der Waals surface area (Å²) in [5.74, 6) is 0.118. The third kappa shape index (κ3) is 4.43. The summed E-state index contributed by atoms with van der Waals surface area (Å²) in [6.07, 6.45) is 3.11. The van der Waals surface area contributed by atoms with Gasteiger partial charge in [-0.1, -0.05) is 0 Å². The monoisotopic (exact) mass is 284 g/mol. The van der Waals surface area contributed by atoms with Gasteiger partial charge in [-0.05, 0) is 40.0 Å². The second-order valence-corrected chi connectivity index (χ2v) is 6.49. The maximum Gasteiger partial charge on any atom is 0.251 e. The second kappa shape index (κ2) is 6.87. The summed E-state index contributed by atoms with van der Waals surface area (Å²) in [4.78, 5) is 14.2. The van der Waals surface area contributed by atoms with Gasteiger partial charge in [0.25, 0.3) is 5.91 Å². The maximum atomic E-state index is 12.2. The summed E-state index contributed by atoms with van der Waals surface area (Å²) in [5.41, 5.74) is -0.160. The van der Waals surface area contributed by atoms with Crippen LogP contribution in [0.5, 0.6) is 0 Å². The number of rotatable bonds is 4. The summed E-state index contributed by atoms with van der Waals surface area (Å²) in [6.45, 7) is 9.83. The van der Waals surface area contributed by atoms with Crippen LogP contribution in [0, 0.1) is 0 Å². The van der Waals surface area contributed by atoms with E-state index in [0.29, 0.717) is 6.61 Å². The molecule has 0 aromatic carbocycles. The highest BCUT2D eigenvalue weighted by molar-refractivity contribution is 5.80. The molecule has 2 aliphatic heterocycles. The average Bonchev–Trinajstić information content (AvgIpc) is 2.44. The molecule has 0 aromatic rings. The molecule has 2 rings (SSSR count). The third-order valence-corrected chi connectivity index (χ3v) is 3.96. The van der Waals surface area contributed by atoms with Crippen LogP contribution >= 0.6 is 0 Å². The summed E-state index contributed by atoms with van der Waals surface area (Å²) >= 11 is 0. The quantitative estimate of drug-likeness (QED) is 0.842. The molecular weight excluding hydrogens is 256 g/mol. The Morgan fingerprint density at radius 2 is 2.10 bits per heavy atom. The lowest BCUT2D eigenvalue weighted by Crippen LogP contribution is -2.52.